The lowest BCUT2D eigenvalue weighted by molar-refractivity contribution is 0.580. The standard InChI is InChI=1S/C20H26N3/c1-16(2)22-15-23(20-12-8-7-11-19(20)22)18(13-14-21-3)17-9-5-4-6-10-17/h4-12,15-16,18,21H,13-14H2,1-3H3. The molecular weight excluding hydrogens is 282 g/mol. The summed E-state index contributed by atoms with van der Waals surface area (Å²) >= 11 is 0. The summed E-state index contributed by atoms with van der Waals surface area (Å²) in [5.41, 5.74) is 3.96. The van der Waals surface area contributed by atoms with Crippen molar-refractivity contribution in [3.63, 3.8) is 0 Å². The van der Waals surface area contributed by atoms with Gasteiger partial charge in [0.2, 0.25) is 0 Å². The molecule has 0 fully saturated rings. The molecule has 3 heteroatoms. The van der Waals surface area contributed by atoms with Crippen LogP contribution in [-0.4, -0.2) is 19.6 Å². The Morgan fingerprint density at radius 1 is 0.870 bits per heavy atom. The molecule has 1 aliphatic rings. The molecule has 0 spiro atoms. The van der Waals surface area contributed by atoms with Crippen molar-refractivity contribution in [1.82, 2.24) is 5.32 Å². The molecule has 0 saturated heterocycles. The van der Waals surface area contributed by atoms with Crippen LogP contribution in [0.15, 0.2) is 54.6 Å². The number of nitrogens with one attached hydrogen (secondary N) is 1. The lowest BCUT2D eigenvalue weighted by Gasteiger charge is -2.31. The largest absolute Gasteiger partial charge is 0.344 e. The van der Waals surface area contributed by atoms with Crippen molar-refractivity contribution in [2.45, 2.75) is 32.4 Å². The number of hydrogen-bond donors (Lipinski definition) is 1. The zero-order valence-corrected chi connectivity index (χ0v) is 14.2. The maximum atomic E-state index is 3.30. The highest BCUT2D eigenvalue weighted by atomic mass is 15.4. The van der Waals surface area contributed by atoms with E-state index < -0.39 is 0 Å². The maximum Gasteiger partial charge on any atom is 0.143 e. The fourth-order valence-corrected chi connectivity index (χ4v) is 3.24. The lowest BCUT2D eigenvalue weighted by atomic mass is 10.0. The Balaban J connectivity index is 1.97. The zero-order chi connectivity index (χ0) is 16.2. The van der Waals surface area contributed by atoms with Crippen molar-refractivity contribution < 1.29 is 0 Å². The van der Waals surface area contributed by atoms with Gasteiger partial charge in [-0.25, -0.2) is 0 Å². The third kappa shape index (κ3) is 3.20. The summed E-state index contributed by atoms with van der Waals surface area (Å²) in [5.74, 6) is 0. The summed E-state index contributed by atoms with van der Waals surface area (Å²) < 4.78 is 0. The van der Waals surface area contributed by atoms with Gasteiger partial charge < -0.3 is 15.1 Å². The molecule has 121 valence electrons. The highest BCUT2D eigenvalue weighted by Gasteiger charge is 2.32. The Hall–Kier alpha value is -2.00. The Bertz CT molecular complexity index is 624. The second-order valence-corrected chi connectivity index (χ2v) is 6.33. The van der Waals surface area contributed by atoms with Gasteiger partial charge >= 0.3 is 0 Å². The van der Waals surface area contributed by atoms with Gasteiger partial charge in [-0.1, -0.05) is 42.5 Å². The van der Waals surface area contributed by atoms with Gasteiger partial charge in [0.15, 0.2) is 0 Å². The average Bonchev–Trinajstić information content (AvgIpc) is 2.96. The topological polar surface area (TPSA) is 18.5 Å². The summed E-state index contributed by atoms with van der Waals surface area (Å²) in [5, 5.41) is 3.30. The van der Waals surface area contributed by atoms with Crippen LogP contribution < -0.4 is 15.1 Å². The van der Waals surface area contributed by atoms with Crippen molar-refractivity contribution in [1.29, 1.82) is 0 Å². The van der Waals surface area contributed by atoms with Crippen LogP contribution in [0, 0.1) is 6.67 Å². The van der Waals surface area contributed by atoms with Gasteiger partial charge in [-0.3, -0.25) is 0 Å². The van der Waals surface area contributed by atoms with E-state index in [4.69, 9.17) is 0 Å². The molecule has 3 rings (SSSR count). The molecule has 1 atom stereocenters. The molecule has 1 N–H and O–H groups in total. The van der Waals surface area contributed by atoms with Gasteiger partial charge in [0, 0.05) is 6.04 Å². The van der Waals surface area contributed by atoms with Crippen LogP contribution in [-0.2, 0) is 0 Å². The number of hydrogen-bond acceptors (Lipinski definition) is 3. The van der Waals surface area contributed by atoms with Crippen LogP contribution in [0.4, 0.5) is 11.4 Å². The molecule has 23 heavy (non-hydrogen) atoms. The number of nitrogens with zero attached hydrogens (tertiary/aromatic N) is 2. The summed E-state index contributed by atoms with van der Waals surface area (Å²) in [6.45, 7) is 7.75. The summed E-state index contributed by atoms with van der Waals surface area (Å²) in [4.78, 5) is 4.80. The van der Waals surface area contributed by atoms with Gasteiger partial charge in [-0.05, 0) is 51.6 Å². The molecule has 0 aliphatic carbocycles. The van der Waals surface area contributed by atoms with Crippen LogP contribution in [0.3, 0.4) is 0 Å². The van der Waals surface area contributed by atoms with Crippen molar-refractivity contribution in [3.8, 4) is 0 Å². The normalized spacial score (nSPS) is 15.1. The first kappa shape index (κ1) is 15.9. The summed E-state index contributed by atoms with van der Waals surface area (Å²) in [6.07, 6.45) is 1.07. The monoisotopic (exact) mass is 308 g/mol. The lowest BCUT2D eigenvalue weighted by Crippen LogP contribution is -2.33. The quantitative estimate of drug-likeness (QED) is 0.863. The molecule has 1 radical (unpaired) electrons. The van der Waals surface area contributed by atoms with E-state index in [0.717, 1.165) is 13.0 Å². The highest BCUT2D eigenvalue weighted by molar-refractivity contribution is 5.79. The second-order valence-electron chi connectivity index (χ2n) is 6.33. The number of rotatable bonds is 6. The third-order valence-electron chi connectivity index (χ3n) is 4.43. The van der Waals surface area contributed by atoms with E-state index in [2.05, 4.69) is 90.2 Å². The predicted octanol–water partition coefficient (Wildman–Crippen LogP) is 4.19. The highest BCUT2D eigenvalue weighted by Crippen LogP contribution is 2.44. The molecule has 0 aromatic heterocycles. The third-order valence-corrected chi connectivity index (χ3v) is 4.43. The number of para-hydroxylation sites is 2. The van der Waals surface area contributed by atoms with E-state index in [9.17, 15) is 0 Å². The molecule has 1 heterocycles. The maximum absolute atomic E-state index is 3.30. The SMILES string of the molecule is CNCCC(c1ccccc1)N1[CH]N(C(C)C)c2ccccc21. The molecular formula is C20H26N3. The molecule has 0 amide bonds. The van der Waals surface area contributed by atoms with Gasteiger partial charge in [-0.15, -0.1) is 0 Å². The molecule has 2 aromatic rings. The van der Waals surface area contributed by atoms with Crippen LogP contribution in [0.1, 0.15) is 31.9 Å². The minimum Gasteiger partial charge on any atom is -0.344 e. The zero-order valence-electron chi connectivity index (χ0n) is 14.2. The van der Waals surface area contributed by atoms with E-state index in [-0.39, 0.29) is 0 Å². The van der Waals surface area contributed by atoms with Gasteiger partial charge in [0.05, 0.1) is 17.4 Å². The van der Waals surface area contributed by atoms with Crippen LogP contribution in [0.5, 0.6) is 0 Å². The Morgan fingerprint density at radius 2 is 1.48 bits per heavy atom. The minimum absolute atomic E-state index is 0.341. The fourth-order valence-electron chi connectivity index (χ4n) is 3.24. The number of benzene rings is 2. The Morgan fingerprint density at radius 3 is 2.09 bits per heavy atom. The van der Waals surface area contributed by atoms with E-state index in [1.807, 2.05) is 7.05 Å². The molecule has 2 aromatic carbocycles. The fraction of sp³-hybridized carbons (Fsp3) is 0.350. The van der Waals surface area contributed by atoms with E-state index in [1.165, 1.54) is 16.9 Å². The molecule has 1 unspecified atom stereocenters. The number of anilines is 2. The van der Waals surface area contributed by atoms with Gasteiger partial charge in [0.1, 0.15) is 6.67 Å². The minimum atomic E-state index is 0.341. The van der Waals surface area contributed by atoms with E-state index >= 15 is 0 Å². The van der Waals surface area contributed by atoms with Crippen LogP contribution in [0.2, 0.25) is 0 Å². The smallest absolute Gasteiger partial charge is 0.143 e. The molecule has 0 bridgehead atoms. The number of fused-ring (bicyclic) bond motifs is 1. The van der Waals surface area contributed by atoms with Crippen molar-refractivity contribution >= 4 is 11.4 Å². The molecule has 3 nitrogen and oxygen atoms in total. The Labute approximate surface area is 139 Å². The predicted molar refractivity (Wildman–Crippen MR) is 98.6 cm³/mol. The van der Waals surface area contributed by atoms with Gasteiger partial charge in [-0.2, -0.15) is 0 Å². The molecule has 1 aliphatic heterocycles. The first-order valence-corrected chi connectivity index (χ1v) is 8.42. The van der Waals surface area contributed by atoms with Crippen molar-refractivity contribution in [2.75, 3.05) is 23.4 Å². The molecule has 0 saturated carbocycles. The second kappa shape index (κ2) is 7.05. The first-order chi connectivity index (χ1) is 11.2. The van der Waals surface area contributed by atoms with Crippen LogP contribution >= 0.6 is 0 Å². The Kier molecular flexibility index (Phi) is 4.87. The van der Waals surface area contributed by atoms with Crippen LogP contribution in [0.25, 0.3) is 0 Å². The summed E-state index contributed by atoms with van der Waals surface area (Å²) in [7, 11) is 2.02. The van der Waals surface area contributed by atoms with E-state index in [1.54, 1.807) is 0 Å². The summed E-state index contributed by atoms with van der Waals surface area (Å²) in [6, 6.07) is 20.3. The first-order valence-electron chi connectivity index (χ1n) is 8.42. The average molecular weight is 308 g/mol. The van der Waals surface area contributed by atoms with Crippen molar-refractivity contribution in [3.05, 3.63) is 66.8 Å². The van der Waals surface area contributed by atoms with Gasteiger partial charge in [0.25, 0.3) is 0 Å². The van der Waals surface area contributed by atoms with Crippen molar-refractivity contribution in [2.24, 2.45) is 0 Å². The van der Waals surface area contributed by atoms with E-state index in [0.29, 0.717) is 12.1 Å².